The van der Waals surface area contributed by atoms with Gasteiger partial charge in [0, 0.05) is 31.2 Å². The van der Waals surface area contributed by atoms with Crippen LogP contribution in [0, 0.1) is 17.8 Å². The van der Waals surface area contributed by atoms with Crippen LogP contribution in [0.15, 0.2) is 11.8 Å². The second kappa shape index (κ2) is 9.66. The van der Waals surface area contributed by atoms with Crippen LogP contribution >= 0.6 is 0 Å². The van der Waals surface area contributed by atoms with Crippen LogP contribution in [0.25, 0.3) is 0 Å². The van der Waals surface area contributed by atoms with Crippen LogP contribution in [-0.2, 0) is 14.3 Å². The Morgan fingerprint density at radius 2 is 1.83 bits per heavy atom. The average molecular weight is 503 g/mol. The van der Waals surface area contributed by atoms with Gasteiger partial charge in [0.25, 0.3) is 5.91 Å². The molecule has 0 aromatic rings. The second-order valence-electron chi connectivity index (χ2n) is 12.6. The number of fused-ring (bicyclic) bond motifs is 2. The normalized spacial score (nSPS) is 41.8. The molecule has 4 aliphatic heterocycles. The second-order valence-corrected chi connectivity index (χ2v) is 12.6. The minimum Gasteiger partial charge on any atom is -0.369 e. The SMILES string of the molecule is CC(C)C1CCN(C2C(F)CC3C(=O)C(C(=O)N4CCC(N)C4)=CN4C5CCCCC5OC2C34)CC1. The Hall–Kier alpha value is -1.51. The Bertz CT molecular complexity index is 903. The zero-order valence-corrected chi connectivity index (χ0v) is 21.9. The lowest BCUT2D eigenvalue weighted by atomic mass is 9.69. The average Bonchev–Trinajstić information content (AvgIpc) is 3.31. The zero-order valence-electron chi connectivity index (χ0n) is 21.9. The first-order valence-corrected chi connectivity index (χ1v) is 14.5. The Balaban J connectivity index is 1.32. The molecule has 200 valence electrons. The lowest BCUT2D eigenvalue weighted by molar-refractivity contribution is -0.213. The molecule has 8 atom stereocenters. The van der Waals surface area contributed by atoms with Crippen molar-refractivity contribution < 1.29 is 18.7 Å². The van der Waals surface area contributed by atoms with Gasteiger partial charge in [-0.05, 0) is 63.5 Å². The molecule has 6 aliphatic rings. The molecule has 3 saturated heterocycles. The molecule has 6 rings (SSSR count). The highest BCUT2D eigenvalue weighted by molar-refractivity contribution is 6.20. The number of rotatable bonds is 3. The number of hydrogen-bond donors (Lipinski definition) is 1. The van der Waals surface area contributed by atoms with Gasteiger partial charge in [0.15, 0.2) is 5.78 Å². The summed E-state index contributed by atoms with van der Waals surface area (Å²) in [6, 6.07) is -0.390. The summed E-state index contributed by atoms with van der Waals surface area (Å²) in [5, 5.41) is 0. The molecule has 5 fully saturated rings. The third-order valence-electron chi connectivity index (χ3n) is 10.2. The van der Waals surface area contributed by atoms with Crippen LogP contribution in [0.4, 0.5) is 4.39 Å². The summed E-state index contributed by atoms with van der Waals surface area (Å²) in [5.41, 5.74) is 6.29. The standard InChI is InChI=1S/C28H43FN4O3/c1-16(2)17-7-10-31(11-8-17)25-21(29)13-19-24-27(25)36-23-6-4-3-5-22(23)33(24)15-20(26(19)34)28(35)32-12-9-18(30)14-32/h15-19,21-25,27H,3-14,30H2,1-2H3. The van der Waals surface area contributed by atoms with Crippen molar-refractivity contribution in [2.45, 2.75) is 108 Å². The van der Waals surface area contributed by atoms with Gasteiger partial charge < -0.3 is 20.3 Å². The number of carbonyl (C=O) groups is 2. The van der Waals surface area contributed by atoms with Crippen molar-refractivity contribution in [2.75, 3.05) is 26.2 Å². The lowest BCUT2D eigenvalue weighted by Crippen LogP contribution is -2.73. The van der Waals surface area contributed by atoms with Crippen molar-refractivity contribution in [1.82, 2.24) is 14.7 Å². The number of nitrogens with two attached hydrogens (primary N) is 1. The Morgan fingerprint density at radius 3 is 2.53 bits per heavy atom. The quantitative estimate of drug-likeness (QED) is 0.598. The largest absolute Gasteiger partial charge is 0.369 e. The molecule has 7 nitrogen and oxygen atoms in total. The molecule has 1 amide bonds. The topological polar surface area (TPSA) is 79.1 Å². The molecule has 0 spiro atoms. The van der Waals surface area contributed by atoms with Gasteiger partial charge in [0.1, 0.15) is 6.17 Å². The number of hydrogen-bond acceptors (Lipinski definition) is 6. The highest BCUT2D eigenvalue weighted by atomic mass is 19.1. The lowest BCUT2D eigenvalue weighted by Gasteiger charge is -2.60. The maximum Gasteiger partial charge on any atom is 0.259 e. The van der Waals surface area contributed by atoms with E-state index in [-0.39, 0.29) is 60.1 Å². The van der Waals surface area contributed by atoms with Crippen molar-refractivity contribution in [3.8, 4) is 0 Å². The van der Waals surface area contributed by atoms with E-state index in [4.69, 9.17) is 10.5 Å². The number of ketones is 1. The number of halogens is 1. The van der Waals surface area contributed by atoms with Gasteiger partial charge in [-0.1, -0.05) is 26.7 Å². The monoisotopic (exact) mass is 502 g/mol. The first-order chi connectivity index (χ1) is 17.3. The number of ether oxygens (including phenoxy) is 1. The van der Waals surface area contributed by atoms with Crippen LogP contribution in [0.3, 0.4) is 0 Å². The minimum absolute atomic E-state index is 0.0302. The van der Waals surface area contributed by atoms with E-state index in [2.05, 4.69) is 23.6 Å². The maximum atomic E-state index is 16.1. The Morgan fingerprint density at radius 1 is 1.08 bits per heavy atom. The fraction of sp³-hybridized carbons (Fsp3) is 0.857. The summed E-state index contributed by atoms with van der Waals surface area (Å²) in [5.74, 6) is 0.390. The fourth-order valence-electron chi connectivity index (χ4n) is 8.18. The molecule has 0 bridgehead atoms. The Labute approximate surface area is 214 Å². The molecular formula is C28H43FN4O3. The molecule has 36 heavy (non-hydrogen) atoms. The maximum absolute atomic E-state index is 16.1. The van der Waals surface area contributed by atoms with E-state index < -0.39 is 12.1 Å². The van der Waals surface area contributed by atoms with Crippen LogP contribution in [0.1, 0.15) is 65.2 Å². The number of likely N-dealkylation sites (tertiary alicyclic amines) is 2. The minimum atomic E-state index is -1.13. The van der Waals surface area contributed by atoms with E-state index in [1.54, 1.807) is 4.90 Å². The summed E-state index contributed by atoms with van der Waals surface area (Å²) in [4.78, 5) is 33.6. The first kappa shape index (κ1) is 24.8. The van der Waals surface area contributed by atoms with E-state index in [9.17, 15) is 9.59 Å². The smallest absolute Gasteiger partial charge is 0.259 e. The summed E-state index contributed by atoms with van der Waals surface area (Å²) < 4.78 is 22.9. The molecule has 0 radical (unpaired) electrons. The van der Waals surface area contributed by atoms with Crippen LogP contribution in [0.2, 0.25) is 0 Å². The number of piperidine rings is 1. The van der Waals surface area contributed by atoms with Gasteiger partial charge >= 0.3 is 0 Å². The van der Waals surface area contributed by atoms with Gasteiger partial charge in [-0.25, -0.2) is 4.39 Å². The van der Waals surface area contributed by atoms with E-state index in [1.165, 1.54) is 0 Å². The highest BCUT2D eigenvalue weighted by Crippen LogP contribution is 2.47. The summed E-state index contributed by atoms with van der Waals surface area (Å²) >= 11 is 0. The first-order valence-electron chi connectivity index (χ1n) is 14.5. The van der Waals surface area contributed by atoms with Gasteiger partial charge in [-0.3, -0.25) is 14.5 Å². The van der Waals surface area contributed by atoms with Crippen molar-refractivity contribution >= 4 is 11.7 Å². The molecule has 4 heterocycles. The zero-order chi connectivity index (χ0) is 25.1. The Kier molecular flexibility index (Phi) is 6.66. The number of carbonyl (C=O) groups excluding carboxylic acids is 2. The number of Topliss-reactive ketones (excluding diaryl/α,β-unsaturated/α-hetero) is 1. The summed E-state index contributed by atoms with van der Waals surface area (Å²) in [6.07, 6.45) is 7.70. The fourth-order valence-corrected chi connectivity index (χ4v) is 8.18. The summed E-state index contributed by atoms with van der Waals surface area (Å²) in [6.45, 7) is 7.41. The molecule has 2 saturated carbocycles. The third kappa shape index (κ3) is 4.11. The molecule has 0 aromatic heterocycles. The molecule has 8 heteroatoms. The number of amides is 1. The van der Waals surface area contributed by atoms with Crippen LogP contribution in [0.5, 0.6) is 0 Å². The highest BCUT2D eigenvalue weighted by Gasteiger charge is 2.59. The van der Waals surface area contributed by atoms with E-state index in [0.717, 1.165) is 58.0 Å². The van der Waals surface area contributed by atoms with Crippen molar-refractivity contribution in [3.63, 3.8) is 0 Å². The molecule has 8 unspecified atom stereocenters. The van der Waals surface area contributed by atoms with Gasteiger partial charge in [0.2, 0.25) is 0 Å². The number of alkyl halides is 1. The van der Waals surface area contributed by atoms with Crippen molar-refractivity contribution in [1.29, 1.82) is 0 Å². The van der Waals surface area contributed by atoms with Gasteiger partial charge in [0.05, 0.1) is 35.9 Å². The van der Waals surface area contributed by atoms with Crippen LogP contribution in [-0.4, -0.2) is 95.1 Å². The molecule has 2 N–H and O–H groups in total. The van der Waals surface area contributed by atoms with E-state index in [0.29, 0.717) is 24.9 Å². The molecule has 2 aliphatic carbocycles. The summed E-state index contributed by atoms with van der Waals surface area (Å²) in [7, 11) is 0. The predicted octanol–water partition coefficient (Wildman–Crippen LogP) is 2.49. The van der Waals surface area contributed by atoms with Crippen molar-refractivity contribution in [3.05, 3.63) is 11.8 Å². The number of nitrogens with zero attached hydrogens (tertiary/aromatic N) is 3. The predicted molar refractivity (Wildman–Crippen MR) is 135 cm³/mol. The number of morpholine rings is 1. The van der Waals surface area contributed by atoms with Gasteiger partial charge in [-0.15, -0.1) is 0 Å². The van der Waals surface area contributed by atoms with E-state index >= 15 is 4.39 Å². The van der Waals surface area contributed by atoms with Crippen LogP contribution < -0.4 is 5.73 Å². The van der Waals surface area contributed by atoms with E-state index in [1.807, 2.05) is 6.20 Å². The van der Waals surface area contributed by atoms with Gasteiger partial charge in [-0.2, -0.15) is 0 Å². The molecular weight excluding hydrogens is 459 g/mol. The third-order valence-corrected chi connectivity index (χ3v) is 10.2. The molecule has 0 aromatic carbocycles. The van der Waals surface area contributed by atoms with Crippen molar-refractivity contribution in [2.24, 2.45) is 23.5 Å².